The second-order valence-electron chi connectivity index (χ2n) is 3.16. The molecule has 1 N–H and O–H groups in total. The number of halogens is 1. The number of hydrogen-bond donors (Lipinski definition) is 1. The maximum absolute atomic E-state index is 3.41. The molecule has 0 saturated carbocycles. The van der Waals surface area contributed by atoms with Crippen molar-refractivity contribution in [1.29, 1.82) is 0 Å². The first kappa shape index (κ1) is 11.5. The zero-order valence-corrected chi connectivity index (χ0v) is 10.0. The maximum atomic E-state index is 3.41. The van der Waals surface area contributed by atoms with Crippen molar-refractivity contribution in [2.45, 2.75) is 13.3 Å². The Morgan fingerprint density at radius 1 is 1.29 bits per heavy atom. The van der Waals surface area contributed by atoms with Crippen LogP contribution in [0.4, 0.5) is 0 Å². The van der Waals surface area contributed by atoms with Gasteiger partial charge in [0, 0.05) is 11.0 Å². The monoisotopic (exact) mass is 253 g/mol. The minimum atomic E-state index is 0.948. The summed E-state index contributed by atoms with van der Waals surface area (Å²) in [5.74, 6) is 0. The molecule has 1 aromatic carbocycles. The molecule has 0 aliphatic heterocycles. The molecular formula is C12H16BrN. The normalized spacial score (nSPS) is 11.0. The van der Waals surface area contributed by atoms with Crippen LogP contribution in [-0.4, -0.2) is 13.1 Å². The molecule has 1 aromatic rings. The van der Waals surface area contributed by atoms with Crippen molar-refractivity contribution in [3.05, 3.63) is 40.4 Å². The predicted octanol–water partition coefficient (Wildman–Crippen LogP) is 3.46. The van der Waals surface area contributed by atoms with Crippen LogP contribution in [0.15, 0.2) is 34.8 Å². The summed E-state index contributed by atoms with van der Waals surface area (Å²) in [5.41, 5.74) is 1.24. The van der Waals surface area contributed by atoms with Gasteiger partial charge in [0.25, 0.3) is 0 Å². The molecule has 76 valence electrons. The van der Waals surface area contributed by atoms with Crippen LogP contribution in [0.2, 0.25) is 0 Å². The highest BCUT2D eigenvalue weighted by molar-refractivity contribution is 9.10. The van der Waals surface area contributed by atoms with E-state index in [1.54, 1.807) is 0 Å². The van der Waals surface area contributed by atoms with E-state index < -0.39 is 0 Å². The van der Waals surface area contributed by atoms with Gasteiger partial charge < -0.3 is 5.32 Å². The lowest BCUT2D eigenvalue weighted by atomic mass is 10.2. The Morgan fingerprint density at radius 3 is 2.64 bits per heavy atom. The molecule has 0 amide bonds. The average molecular weight is 254 g/mol. The van der Waals surface area contributed by atoms with Gasteiger partial charge in [0.1, 0.15) is 0 Å². The predicted molar refractivity (Wildman–Crippen MR) is 66.3 cm³/mol. The number of benzene rings is 1. The van der Waals surface area contributed by atoms with E-state index in [1.165, 1.54) is 12.0 Å². The van der Waals surface area contributed by atoms with Crippen molar-refractivity contribution >= 4 is 22.0 Å². The number of nitrogens with one attached hydrogen (secondary N) is 1. The van der Waals surface area contributed by atoms with Gasteiger partial charge in [0.2, 0.25) is 0 Å². The van der Waals surface area contributed by atoms with Gasteiger partial charge in [0.15, 0.2) is 0 Å². The summed E-state index contributed by atoms with van der Waals surface area (Å²) in [7, 11) is 0. The maximum Gasteiger partial charge on any atom is 0.0175 e. The summed E-state index contributed by atoms with van der Waals surface area (Å²) in [6, 6.07) is 8.30. The molecule has 0 spiro atoms. The van der Waals surface area contributed by atoms with Crippen LogP contribution in [0.25, 0.3) is 6.08 Å². The summed E-state index contributed by atoms with van der Waals surface area (Å²) >= 11 is 3.41. The Morgan fingerprint density at radius 2 is 2.00 bits per heavy atom. The summed E-state index contributed by atoms with van der Waals surface area (Å²) in [5, 5.41) is 3.32. The summed E-state index contributed by atoms with van der Waals surface area (Å²) < 4.78 is 1.12. The van der Waals surface area contributed by atoms with E-state index in [0.29, 0.717) is 0 Å². The molecule has 0 unspecified atom stereocenters. The fourth-order valence-corrected chi connectivity index (χ4v) is 1.40. The van der Waals surface area contributed by atoms with Crippen LogP contribution in [0, 0.1) is 0 Å². The van der Waals surface area contributed by atoms with Crippen molar-refractivity contribution in [2.24, 2.45) is 0 Å². The van der Waals surface area contributed by atoms with Crippen LogP contribution in [0.1, 0.15) is 18.9 Å². The Kier molecular flexibility index (Phi) is 5.57. The smallest absolute Gasteiger partial charge is 0.0175 e. The molecule has 0 aliphatic carbocycles. The molecule has 0 bridgehead atoms. The van der Waals surface area contributed by atoms with Gasteiger partial charge in [-0.2, -0.15) is 0 Å². The van der Waals surface area contributed by atoms with Crippen LogP contribution in [-0.2, 0) is 0 Å². The SMILES string of the molecule is CCCNCC=Cc1ccc(Br)cc1. The molecule has 0 atom stereocenters. The highest BCUT2D eigenvalue weighted by Gasteiger charge is 1.86. The Bertz CT molecular complexity index is 277. The van der Waals surface area contributed by atoms with Gasteiger partial charge in [-0.3, -0.25) is 0 Å². The van der Waals surface area contributed by atoms with Crippen molar-refractivity contribution < 1.29 is 0 Å². The first-order valence-corrected chi connectivity index (χ1v) is 5.75. The van der Waals surface area contributed by atoms with Gasteiger partial charge in [-0.1, -0.05) is 47.1 Å². The lowest BCUT2D eigenvalue weighted by Crippen LogP contribution is -2.13. The Balaban J connectivity index is 2.33. The minimum Gasteiger partial charge on any atom is -0.313 e. The van der Waals surface area contributed by atoms with Crippen molar-refractivity contribution in [2.75, 3.05) is 13.1 Å². The topological polar surface area (TPSA) is 12.0 Å². The van der Waals surface area contributed by atoms with E-state index in [4.69, 9.17) is 0 Å². The van der Waals surface area contributed by atoms with E-state index >= 15 is 0 Å². The zero-order valence-electron chi connectivity index (χ0n) is 8.46. The van der Waals surface area contributed by atoms with E-state index in [-0.39, 0.29) is 0 Å². The lowest BCUT2D eigenvalue weighted by molar-refractivity contribution is 0.730. The quantitative estimate of drug-likeness (QED) is 0.793. The Hall–Kier alpha value is -0.600. The van der Waals surface area contributed by atoms with Gasteiger partial charge >= 0.3 is 0 Å². The first-order chi connectivity index (χ1) is 6.83. The van der Waals surface area contributed by atoms with E-state index in [0.717, 1.165) is 17.6 Å². The van der Waals surface area contributed by atoms with Crippen LogP contribution >= 0.6 is 15.9 Å². The van der Waals surface area contributed by atoms with E-state index in [9.17, 15) is 0 Å². The summed E-state index contributed by atoms with van der Waals surface area (Å²) in [4.78, 5) is 0. The van der Waals surface area contributed by atoms with Crippen LogP contribution in [0.5, 0.6) is 0 Å². The van der Waals surface area contributed by atoms with E-state index in [2.05, 4.69) is 64.6 Å². The van der Waals surface area contributed by atoms with Crippen molar-refractivity contribution in [3.8, 4) is 0 Å². The molecule has 14 heavy (non-hydrogen) atoms. The fraction of sp³-hybridized carbons (Fsp3) is 0.333. The van der Waals surface area contributed by atoms with E-state index in [1.807, 2.05) is 0 Å². The van der Waals surface area contributed by atoms with Gasteiger partial charge in [-0.25, -0.2) is 0 Å². The lowest BCUT2D eigenvalue weighted by Gasteiger charge is -1.97. The average Bonchev–Trinajstić information content (AvgIpc) is 2.21. The molecule has 2 heteroatoms. The molecule has 0 saturated heterocycles. The third kappa shape index (κ3) is 4.58. The molecule has 0 aromatic heterocycles. The zero-order chi connectivity index (χ0) is 10.2. The second-order valence-corrected chi connectivity index (χ2v) is 4.07. The molecule has 0 radical (unpaired) electrons. The van der Waals surface area contributed by atoms with Crippen LogP contribution < -0.4 is 5.32 Å². The highest BCUT2D eigenvalue weighted by Crippen LogP contribution is 2.11. The molecule has 1 rings (SSSR count). The molecule has 0 aliphatic rings. The minimum absolute atomic E-state index is 0.948. The number of rotatable bonds is 5. The fourth-order valence-electron chi connectivity index (χ4n) is 1.13. The Labute approximate surface area is 94.3 Å². The van der Waals surface area contributed by atoms with Gasteiger partial charge in [-0.05, 0) is 30.7 Å². The summed E-state index contributed by atoms with van der Waals surface area (Å²) in [6.45, 7) is 4.21. The summed E-state index contributed by atoms with van der Waals surface area (Å²) in [6.07, 6.45) is 5.47. The molecular weight excluding hydrogens is 238 g/mol. The highest BCUT2D eigenvalue weighted by atomic mass is 79.9. The third-order valence-electron chi connectivity index (χ3n) is 1.87. The number of hydrogen-bond acceptors (Lipinski definition) is 1. The largest absolute Gasteiger partial charge is 0.313 e. The van der Waals surface area contributed by atoms with Crippen molar-refractivity contribution in [3.63, 3.8) is 0 Å². The molecule has 0 heterocycles. The third-order valence-corrected chi connectivity index (χ3v) is 2.40. The molecule has 0 fully saturated rings. The van der Waals surface area contributed by atoms with Crippen LogP contribution in [0.3, 0.4) is 0 Å². The second kappa shape index (κ2) is 6.80. The standard InChI is InChI=1S/C12H16BrN/c1-2-9-14-10-3-4-11-5-7-12(13)8-6-11/h3-8,14H,2,9-10H2,1H3. The van der Waals surface area contributed by atoms with Gasteiger partial charge in [0.05, 0.1) is 0 Å². The van der Waals surface area contributed by atoms with Crippen molar-refractivity contribution in [1.82, 2.24) is 5.32 Å². The van der Waals surface area contributed by atoms with Gasteiger partial charge in [-0.15, -0.1) is 0 Å². The first-order valence-electron chi connectivity index (χ1n) is 4.95. The molecule has 1 nitrogen and oxygen atoms in total.